The highest BCUT2D eigenvalue weighted by atomic mass is 16.5. The van der Waals surface area contributed by atoms with Gasteiger partial charge in [0.15, 0.2) is 0 Å². The van der Waals surface area contributed by atoms with Crippen molar-refractivity contribution in [2.45, 2.75) is 33.3 Å². The molecule has 0 fully saturated rings. The van der Waals surface area contributed by atoms with Crippen LogP contribution in [0.5, 0.6) is 5.75 Å². The fourth-order valence-electron chi connectivity index (χ4n) is 2.67. The number of aliphatic hydroxyl groups excluding tert-OH is 1. The molecule has 0 spiro atoms. The summed E-state index contributed by atoms with van der Waals surface area (Å²) in [5.74, 6) is -0.545. The number of rotatable bonds is 10. The normalized spacial score (nSPS) is 11.7. The molecule has 0 heterocycles. The molecule has 1 N–H and O–H groups in total. The number of para-hydroxylation sites is 1. The molecule has 0 aromatic heterocycles. The van der Waals surface area contributed by atoms with Gasteiger partial charge in [0.05, 0.1) is 25.0 Å². The predicted octanol–water partition coefficient (Wildman–Crippen LogP) is 4.93. The first kappa shape index (κ1) is 23.7. The van der Waals surface area contributed by atoms with Gasteiger partial charge >= 0.3 is 11.9 Å². The lowest BCUT2D eigenvalue weighted by Crippen LogP contribution is -2.11. The number of ether oxygens (including phenoxy) is 3. The van der Waals surface area contributed by atoms with Crippen LogP contribution in [-0.4, -0.2) is 37.0 Å². The molecule has 0 aliphatic carbocycles. The summed E-state index contributed by atoms with van der Waals surface area (Å²) in [4.78, 5) is 28.8. The molecule has 7 nitrogen and oxygen atoms in total. The topological polar surface area (TPSA) is 94.4 Å². The first-order valence-corrected chi connectivity index (χ1v) is 10.0. The molecular formula is C24H27NO6. The Morgan fingerprint density at radius 3 is 2.39 bits per heavy atom. The Hall–Kier alpha value is -3.61. The maximum atomic E-state index is 12.3. The number of allylic oxidation sites excluding steroid dienone is 1. The van der Waals surface area contributed by atoms with Crippen LogP contribution in [0, 0.1) is 0 Å². The summed E-state index contributed by atoms with van der Waals surface area (Å²) in [6, 6.07) is 13.7. The van der Waals surface area contributed by atoms with E-state index in [4.69, 9.17) is 14.2 Å². The van der Waals surface area contributed by atoms with Gasteiger partial charge in [-0.2, -0.15) is 0 Å². The van der Waals surface area contributed by atoms with Crippen molar-refractivity contribution in [2.24, 2.45) is 4.99 Å². The Kier molecular flexibility index (Phi) is 9.29. The summed E-state index contributed by atoms with van der Waals surface area (Å²) < 4.78 is 15.5. The summed E-state index contributed by atoms with van der Waals surface area (Å²) in [5, 5.41) is 10.2. The zero-order valence-corrected chi connectivity index (χ0v) is 18.0. The second kappa shape index (κ2) is 12.2. The van der Waals surface area contributed by atoms with Gasteiger partial charge in [0.25, 0.3) is 0 Å². The number of nitrogens with zero attached hydrogens (tertiary/aromatic N) is 1. The van der Waals surface area contributed by atoms with Crippen LogP contribution in [0.2, 0.25) is 0 Å². The van der Waals surface area contributed by atoms with Crippen LogP contribution in [0.3, 0.4) is 0 Å². The molecule has 0 aliphatic rings. The Morgan fingerprint density at radius 2 is 1.74 bits per heavy atom. The number of methoxy groups -OCH3 is 1. The van der Waals surface area contributed by atoms with Crippen LogP contribution >= 0.6 is 0 Å². The highest BCUT2D eigenvalue weighted by Gasteiger charge is 2.15. The molecule has 0 saturated carbocycles. The Bertz CT molecular complexity index is 947. The third kappa shape index (κ3) is 6.99. The van der Waals surface area contributed by atoms with Gasteiger partial charge in [-0.05, 0) is 43.7 Å². The molecule has 0 atom stereocenters. The van der Waals surface area contributed by atoms with Crippen LogP contribution in [-0.2, 0) is 20.9 Å². The van der Waals surface area contributed by atoms with Gasteiger partial charge < -0.3 is 19.3 Å². The maximum Gasteiger partial charge on any atom is 0.343 e. The van der Waals surface area contributed by atoms with Crippen molar-refractivity contribution in [1.29, 1.82) is 0 Å². The molecular weight excluding hydrogens is 398 g/mol. The van der Waals surface area contributed by atoms with E-state index in [2.05, 4.69) is 4.99 Å². The van der Waals surface area contributed by atoms with Crippen molar-refractivity contribution in [1.82, 2.24) is 0 Å². The average Bonchev–Trinajstić information content (AvgIpc) is 2.78. The van der Waals surface area contributed by atoms with Gasteiger partial charge in [0.2, 0.25) is 0 Å². The van der Waals surface area contributed by atoms with E-state index in [9.17, 15) is 14.7 Å². The molecule has 0 unspecified atom stereocenters. The first-order valence-electron chi connectivity index (χ1n) is 10.0. The number of benzene rings is 2. The number of aliphatic imine (C=N–C) groups is 1. The minimum absolute atomic E-state index is 0.00221. The molecule has 0 saturated heterocycles. The number of carbonyl (C=O) groups excluding carboxylic acids is 2. The predicted molar refractivity (Wildman–Crippen MR) is 118 cm³/mol. The van der Waals surface area contributed by atoms with E-state index >= 15 is 0 Å². The van der Waals surface area contributed by atoms with Crippen LogP contribution in [0.4, 0.5) is 5.69 Å². The van der Waals surface area contributed by atoms with Gasteiger partial charge in [0.1, 0.15) is 23.7 Å². The van der Waals surface area contributed by atoms with E-state index < -0.39 is 11.9 Å². The quantitative estimate of drug-likeness (QED) is 0.251. The molecule has 0 amide bonds. The van der Waals surface area contributed by atoms with Gasteiger partial charge in [-0.3, -0.25) is 4.99 Å². The molecule has 0 bridgehead atoms. The summed E-state index contributed by atoms with van der Waals surface area (Å²) in [6.07, 6.45) is 2.29. The van der Waals surface area contributed by atoms with E-state index in [1.165, 1.54) is 6.21 Å². The van der Waals surface area contributed by atoms with E-state index in [1.54, 1.807) is 62.6 Å². The first-order chi connectivity index (χ1) is 15.0. The fraction of sp³-hybridized carbons (Fsp3) is 0.292. The average molecular weight is 425 g/mol. The van der Waals surface area contributed by atoms with E-state index in [1.807, 2.05) is 6.92 Å². The summed E-state index contributed by atoms with van der Waals surface area (Å²) >= 11 is 0. The second-order valence-electron chi connectivity index (χ2n) is 6.52. The Morgan fingerprint density at radius 1 is 1.03 bits per heavy atom. The van der Waals surface area contributed by atoms with Crippen LogP contribution in [0.25, 0.3) is 0 Å². The second-order valence-corrected chi connectivity index (χ2v) is 6.52. The van der Waals surface area contributed by atoms with Crippen LogP contribution in [0.15, 0.2) is 64.9 Å². The molecule has 2 aromatic rings. The van der Waals surface area contributed by atoms with Gasteiger partial charge in [-0.1, -0.05) is 25.1 Å². The SMILES string of the molecule is CCC/C(O)=C(\C=Nc1ccccc1COC(=O)c1ccc(OC)cc1)C(=O)OCC. The number of aliphatic hydroxyl groups is 1. The summed E-state index contributed by atoms with van der Waals surface area (Å²) in [5.41, 5.74) is 1.57. The largest absolute Gasteiger partial charge is 0.511 e. The third-order valence-electron chi connectivity index (χ3n) is 4.30. The smallest absolute Gasteiger partial charge is 0.343 e. The van der Waals surface area contributed by atoms with Crippen molar-refractivity contribution < 1.29 is 28.9 Å². The molecule has 7 heteroatoms. The van der Waals surface area contributed by atoms with Gasteiger partial charge in [-0.15, -0.1) is 0 Å². The lowest BCUT2D eigenvalue weighted by molar-refractivity contribution is -0.138. The summed E-state index contributed by atoms with van der Waals surface area (Å²) in [6.45, 7) is 3.77. The third-order valence-corrected chi connectivity index (χ3v) is 4.30. The highest BCUT2D eigenvalue weighted by Crippen LogP contribution is 2.21. The number of carbonyl (C=O) groups is 2. The minimum atomic E-state index is -0.638. The molecule has 2 aromatic carbocycles. The standard InChI is InChI=1S/C24H27NO6/c1-4-8-22(26)20(24(28)30-5-2)15-25-21-10-7-6-9-18(21)16-31-23(27)17-11-13-19(29-3)14-12-17/h6-7,9-15,26H,4-5,8,16H2,1-3H3/b22-20-,25-15?. The Balaban J connectivity index is 2.17. The lowest BCUT2D eigenvalue weighted by Gasteiger charge is -2.09. The van der Waals surface area contributed by atoms with Crippen molar-refractivity contribution >= 4 is 23.8 Å². The number of hydrogen-bond acceptors (Lipinski definition) is 7. The molecule has 31 heavy (non-hydrogen) atoms. The highest BCUT2D eigenvalue weighted by molar-refractivity contribution is 6.10. The van der Waals surface area contributed by atoms with Crippen molar-refractivity contribution in [3.05, 3.63) is 71.0 Å². The summed E-state index contributed by atoms with van der Waals surface area (Å²) in [7, 11) is 1.55. The molecule has 0 aliphatic heterocycles. The van der Waals surface area contributed by atoms with Crippen LogP contribution in [0.1, 0.15) is 42.6 Å². The minimum Gasteiger partial charge on any atom is -0.511 e. The van der Waals surface area contributed by atoms with Crippen molar-refractivity contribution in [3.8, 4) is 5.75 Å². The van der Waals surface area contributed by atoms with Crippen molar-refractivity contribution in [3.63, 3.8) is 0 Å². The molecule has 0 radical (unpaired) electrons. The van der Waals surface area contributed by atoms with E-state index in [0.29, 0.717) is 35.4 Å². The zero-order valence-electron chi connectivity index (χ0n) is 18.0. The monoisotopic (exact) mass is 425 g/mol. The Labute approximate surface area is 182 Å². The molecule has 164 valence electrons. The van der Waals surface area contributed by atoms with E-state index in [0.717, 1.165) is 0 Å². The number of hydrogen-bond donors (Lipinski definition) is 1. The van der Waals surface area contributed by atoms with Gasteiger partial charge in [-0.25, -0.2) is 9.59 Å². The number of esters is 2. The van der Waals surface area contributed by atoms with Gasteiger partial charge in [0, 0.05) is 18.2 Å². The zero-order chi connectivity index (χ0) is 22.6. The maximum absolute atomic E-state index is 12.3. The van der Waals surface area contributed by atoms with Crippen molar-refractivity contribution in [2.75, 3.05) is 13.7 Å². The fourth-order valence-corrected chi connectivity index (χ4v) is 2.67. The lowest BCUT2D eigenvalue weighted by atomic mass is 10.1. The molecule has 2 rings (SSSR count). The van der Waals surface area contributed by atoms with E-state index in [-0.39, 0.29) is 24.5 Å². The van der Waals surface area contributed by atoms with Crippen LogP contribution < -0.4 is 4.74 Å².